The summed E-state index contributed by atoms with van der Waals surface area (Å²) >= 11 is 0. The number of hydrogen-bond donors (Lipinski definition) is 2. The molecule has 1 aromatic heterocycles. The van der Waals surface area contributed by atoms with E-state index >= 15 is 0 Å². The van der Waals surface area contributed by atoms with Crippen LogP contribution in [0.25, 0.3) is 10.9 Å². The molecule has 2 aliphatic heterocycles. The quantitative estimate of drug-likeness (QED) is 0.536. The molecule has 0 bridgehead atoms. The van der Waals surface area contributed by atoms with Gasteiger partial charge in [0.15, 0.2) is 0 Å². The lowest BCUT2D eigenvalue weighted by molar-refractivity contribution is 0.248. The van der Waals surface area contributed by atoms with Gasteiger partial charge in [0, 0.05) is 43.6 Å². The van der Waals surface area contributed by atoms with Crippen molar-refractivity contribution in [2.75, 3.05) is 49.5 Å². The number of nitrogens with one attached hydrogen (secondary N) is 1. The van der Waals surface area contributed by atoms with E-state index in [0.717, 1.165) is 94.0 Å². The number of fused-ring (bicyclic) bond motifs is 2. The Labute approximate surface area is 195 Å². The lowest BCUT2D eigenvalue weighted by Crippen LogP contribution is -2.46. The number of rotatable bonds is 7. The lowest BCUT2D eigenvalue weighted by Gasteiger charge is -2.37. The summed E-state index contributed by atoms with van der Waals surface area (Å²) in [6.45, 7) is 7.00. The summed E-state index contributed by atoms with van der Waals surface area (Å²) in [5.74, 6) is 1.88. The van der Waals surface area contributed by atoms with Crippen molar-refractivity contribution in [3.05, 3.63) is 54.1 Å². The smallest absolute Gasteiger partial charge is 0.317 e. The minimum atomic E-state index is -0.526. The van der Waals surface area contributed by atoms with Crippen LogP contribution in [0.4, 0.5) is 16.3 Å². The number of benzene rings is 2. The summed E-state index contributed by atoms with van der Waals surface area (Å²) in [5, 5.41) is 3.89. The van der Waals surface area contributed by atoms with Gasteiger partial charge >= 0.3 is 6.03 Å². The van der Waals surface area contributed by atoms with Gasteiger partial charge in [0.25, 0.3) is 0 Å². The standard InChI is InChI=1S/C26H33N5O2/c27-26(32)28-24-19-21-7-1-2-10-22(21)31(24)13-4-3-12-29-14-16-30(17-15-29)23-11-5-8-20-9-6-18-33-25(20)23/h1-2,5,7-8,10-11,19H,3-4,6,9,12-18H2,(H3,27,28,32). The molecule has 0 unspecified atom stereocenters. The largest absolute Gasteiger partial charge is 0.491 e. The number of carbonyl (C=O) groups excluding carboxylic acids is 1. The van der Waals surface area contributed by atoms with Crippen molar-refractivity contribution >= 4 is 28.4 Å². The number of piperazine rings is 1. The first-order valence-electron chi connectivity index (χ1n) is 12.1. The van der Waals surface area contributed by atoms with Gasteiger partial charge in [-0.3, -0.25) is 10.2 Å². The molecule has 7 nitrogen and oxygen atoms in total. The molecule has 5 rings (SSSR count). The number of carbonyl (C=O) groups is 1. The topological polar surface area (TPSA) is 75.8 Å². The van der Waals surface area contributed by atoms with Gasteiger partial charge in [-0.15, -0.1) is 0 Å². The minimum Gasteiger partial charge on any atom is -0.491 e. The Bertz CT molecular complexity index is 1120. The highest BCUT2D eigenvalue weighted by molar-refractivity contribution is 5.92. The molecule has 0 aliphatic carbocycles. The van der Waals surface area contributed by atoms with Crippen LogP contribution in [-0.2, 0) is 13.0 Å². The van der Waals surface area contributed by atoms with E-state index < -0.39 is 6.03 Å². The van der Waals surface area contributed by atoms with Crippen LogP contribution in [0.2, 0.25) is 0 Å². The van der Waals surface area contributed by atoms with Crippen molar-refractivity contribution in [2.45, 2.75) is 32.2 Å². The fourth-order valence-corrected chi connectivity index (χ4v) is 5.12. The lowest BCUT2D eigenvalue weighted by atomic mass is 10.0. The molecular weight excluding hydrogens is 414 g/mol. The van der Waals surface area contributed by atoms with Gasteiger partial charge < -0.3 is 19.9 Å². The molecule has 1 saturated heterocycles. The van der Waals surface area contributed by atoms with Crippen LogP contribution in [0.1, 0.15) is 24.8 Å². The number of ether oxygens (including phenoxy) is 1. The SMILES string of the molecule is NC(=O)Nc1cc2ccccc2n1CCCCN1CCN(c2cccc3c2OCCC3)CC1. The summed E-state index contributed by atoms with van der Waals surface area (Å²) in [6.07, 6.45) is 4.40. The van der Waals surface area contributed by atoms with Crippen LogP contribution in [0.3, 0.4) is 0 Å². The molecule has 2 aromatic carbocycles. The number of amides is 2. The number of urea groups is 1. The van der Waals surface area contributed by atoms with Gasteiger partial charge in [0.1, 0.15) is 11.6 Å². The first-order valence-corrected chi connectivity index (χ1v) is 12.1. The van der Waals surface area contributed by atoms with Gasteiger partial charge in [-0.1, -0.05) is 30.3 Å². The molecule has 2 aliphatic rings. The third-order valence-electron chi connectivity index (χ3n) is 6.79. The van der Waals surface area contributed by atoms with Gasteiger partial charge in [-0.2, -0.15) is 0 Å². The molecule has 1 fully saturated rings. The monoisotopic (exact) mass is 447 g/mol. The number of nitrogens with zero attached hydrogens (tertiary/aromatic N) is 3. The second-order valence-corrected chi connectivity index (χ2v) is 8.98. The Morgan fingerprint density at radius 3 is 2.67 bits per heavy atom. The van der Waals surface area contributed by atoms with E-state index in [4.69, 9.17) is 10.5 Å². The second kappa shape index (κ2) is 9.75. The Hall–Kier alpha value is -3.19. The number of primary amides is 1. The summed E-state index contributed by atoms with van der Waals surface area (Å²) < 4.78 is 8.19. The number of aryl methyl sites for hydroxylation is 2. The highest BCUT2D eigenvalue weighted by Crippen LogP contribution is 2.36. The van der Waals surface area contributed by atoms with Crippen molar-refractivity contribution in [3.8, 4) is 5.75 Å². The third kappa shape index (κ3) is 4.78. The zero-order valence-corrected chi connectivity index (χ0v) is 19.1. The van der Waals surface area contributed by atoms with Gasteiger partial charge in [-0.05, 0) is 56.0 Å². The van der Waals surface area contributed by atoms with E-state index in [1.165, 1.54) is 11.3 Å². The van der Waals surface area contributed by atoms with E-state index in [0.29, 0.717) is 0 Å². The van der Waals surface area contributed by atoms with Crippen LogP contribution in [0.5, 0.6) is 5.75 Å². The zero-order valence-electron chi connectivity index (χ0n) is 19.1. The van der Waals surface area contributed by atoms with Crippen LogP contribution >= 0.6 is 0 Å². The predicted octanol–water partition coefficient (Wildman–Crippen LogP) is 4.06. The van der Waals surface area contributed by atoms with E-state index in [9.17, 15) is 4.79 Å². The number of nitrogens with two attached hydrogens (primary N) is 1. The first kappa shape index (κ1) is 21.6. The van der Waals surface area contributed by atoms with E-state index in [2.05, 4.69) is 50.0 Å². The van der Waals surface area contributed by atoms with Crippen molar-refractivity contribution < 1.29 is 9.53 Å². The number of anilines is 2. The molecule has 0 saturated carbocycles. The molecule has 7 heteroatoms. The van der Waals surface area contributed by atoms with Crippen molar-refractivity contribution in [3.63, 3.8) is 0 Å². The molecule has 3 heterocycles. The Kier molecular flexibility index (Phi) is 6.39. The zero-order chi connectivity index (χ0) is 22.6. The summed E-state index contributed by atoms with van der Waals surface area (Å²) in [5.41, 5.74) is 9.12. The molecule has 2 amide bonds. The Morgan fingerprint density at radius 1 is 1.00 bits per heavy atom. The van der Waals surface area contributed by atoms with E-state index in [-0.39, 0.29) is 0 Å². The van der Waals surface area contributed by atoms with Gasteiger partial charge in [-0.25, -0.2) is 4.79 Å². The fourth-order valence-electron chi connectivity index (χ4n) is 5.12. The highest BCUT2D eigenvalue weighted by Gasteiger charge is 2.22. The summed E-state index contributed by atoms with van der Waals surface area (Å²) in [6, 6.07) is 16.2. The second-order valence-electron chi connectivity index (χ2n) is 8.98. The minimum absolute atomic E-state index is 0.526. The van der Waals surface area contributed by atoms with Crippen LogP contribution < -0.4 is 20.7 Å². The third-order valence-corrected chi connectivity index (χ3v) is 6.79. The molecule has 0 radical (unpaired) electrons. The maximum Gasteiger partial charge on any atom is 0.317 e. The number of unbranched alkanes of at least 4 members (excludes halogenated alkanes) is 1. The Balaban J connectivity index is 1.13. The van der Waals surface area contributed by atoms with Gasteiger partial charge in [0.05, 0.1) is 12.3 Å². The van der Waals surface area contributed by atoms with E-state index in [1.807, 2.05) is 18.2 Å². The molecule has 0 atom stereocenters. The maximum atomic E-state index is 11.4. The van der Waals surface area contributed by atoms with Crippen LogP contribution in [-0.4, -0.2) is 54.8 Å². The van der Waals surface area contributed by atoms with Crippen LogP contribution in [0.15, 0.2) is 48.5 Å². The maximum absolute atomic E-state index is 11.4. The average molecular weight is 448 g/mol. The molecule has 174 valence electrons. The molecule has 0 spiro atoms. The first-order chi connectivity index (χ1) is 16.2. The highest BCUT2D eigenvalue weighted by atomic mass is 16.5. The molecule has 3 N–H and O–H groups in total. The van der Waals surface area contributed by atoms with Crippen LogP contribution in [0, 0.1) is 0 Å². The normalized spacial score (nSPS) is 16.4. The van der Waals surface area contributed by atoms with Gasteiger partial charge in [0.2, 0.25) is 0 Å². The van der Waals surface area contributed by atoms with Crippen molar-refractivity contribution in [2.24, 2.45) is 5.73 Å². The number of aromatic nitrogens is 1. The van der Waals surface area contributed by atoms with E-state index in [1.54, 1.807) is 0 Å². The molecular formula is C26H33N5O2. The fraction of sp³-hybridized carbons (Fsp3) is 0.423. The van der Waals surface area contributed by atoms with Crippen molar-refractivity contribution in [1.29, 1.82) is 0 Å². The summed E-state index contributed by atoms with van der Waals surface area (Å²) in [4.78, 5) is 16.5. The molecule has 3 aromatic rings. The number of para-hydroxylation sites is 2. The average Bonchev–Trinajstić information content (AvgIpc) is 3.18. The summed E-state index contributed by atoms with van der Waals surface area (Å²) in [7, 11) is 0. The molecule has 33 heavy (non-hydrogen) atoms. The predicted molar refractivity (Wildman–Crippen MR) is 133 cm³/mol. The van der Waals surface area contributed by atoms with Crippen molar-refractivity contribution in [1.82, 2.24) is 9.47 Å². The number of hydrogen-bond acceptors (Lipinski definition) is 4. The Morgan fingerprint density at radius 2 is 1.82 bits per heavy atom.